The largest absolute Gasteiger partial charge is 0.394 e. The van der Waals surface area contributed by atoms with Gasteiger partial charge in [0.1, 0.15) is 0 Å². The molecular formula is C28H31N3O3. The molecule has 3 heterocycles. The SMILES string of the molecule is O=C(Cc1ccccn1)N1CC(=O)N2[C@@H](CO)[C@H](c3ccc(C#CCC4CCCC4)cc3)[C@@H]2C1. The third-order valence-corrected chi connectivity index (χ3v) is 7.56. The number of hydrogen-bond acceptors (Lipinski definition) is 4. The molecule has 2 saturated heterocycles. The number of aromatic nitrogens is 1. The molecular weight excluding hydrogens is 426 g/mol. The molecule has 3 aliphatic rings. The maximum absolute atomic E-state index is 12.9. The summed E-state index contributed by atoms with van der Waals surface area (Å²) in [6.45, 7) is 0.445. The van der Waals surface area contributed by atoms with Gasteiger partial charge in [0.15, 0.2) is 0 Å². The Kier molecular flexibility index (Phi) is 6.64. The van der Waals surface area contributed by atoms with Crippen LogP contribution in [0.5, 0.6) is 0 Å². The first-order valence-corrected chi connectivity index (χ1v) is 12.3. The summed E-state index contributed by atoms with van der Waals surface area (Å²) < 4.78 is 0. The monoisotopic (exact) mass is 457 g/mol. The highest BCUT2D eigenvalue weighted by Gasteiger charge is 2.54. The van der Waals surface area contributed by atoms with Crippen molar-refractivity contribution >= 4 is 11.8 Å². The van der Waals surface area contributed by atoms with Gasteiger partial charge in [-0.05, 0) is 48.6 Å². The van der Waals surface area contributed by atoms with Crippen LogP contribution in [0.15, 0.2) is 48.7 Å². The standard InChI is InChI=1S/C28H31N3O3/c32-19-25-28(22-13-11-21(12-14-22)9-5-8-20-6-1-2-7-20)24-17-30(18-27(34)31(24)25)26(33)16-23-10-3-4-15-29-23/h3-4,10-15,20,24-25,28,32H,1-2,6-8,16-19H2/t24-,25-,28+/m0/s1. The number of aliphatic hydroxyl groups excluding tert-OH is 1. The van der Waals surface area contributed by atoms with E-state index in [4.69, 9.17) is 0 Å². The Balaban J connectivity index is 1.26. The van der Waals surface area contributed by atoms with Gasteiger partial charge in [-0.2, -0.15) is 0 Å². The highest BCUT2D eigenvalue weighted by Crippen LogP contribution is 2.43. The molecule has 2 aliphatic heterocycles. The Morgan fingerprint density at radius 2 is 1.91 bits per heavy atom. The number of benzene rings is 1. The van der Waals surface area contributed by atoms with Gasteiger partial charge in [-0.15, -0.1) is 0 Å². The van der Waals surface area contributed by atoms with E-state index in [-0.39, 0.29) is 49.4 Å². The molecule has 3 fully saturated rings. The predicted molar refractivity (Wildman–Crippen MR) is 129 cm³/mol. The molecule has 0 radical (unpaired) electrons. The molecule has 3 atom stereocenters. The van der Waals surface area contributed by atoms with Gasteiger partial charge < -0.3 is 14.9 Å². The van der Waals surface area contributed by atoms with E-state index in [1.165, 1.54) is 25.7 Å². The van der Waals surface area contributed by atoms with Crippen molar-refractivity contribution in [1.29, 1.82) is 0 Å². The van der Waals surface area contributed by atoms with Crippen LogP contribution in [0.25, 0.3) is 0 Å². The number of nitrogens with zero attached hydrogens (tertiary/aromatic N) is 3. The van der Waals surface area contributed by atoms with Crippen LogP contribution in [0.4, 0.5) is 0 Å². The van der Waals surface area contributed by atoms with Crippen LogP contribution in [-0.2, 0) is 16.0 Å². The second-order valence-electron chi connectivity index (χ2n) is 9.69. The summed E-state index contributed by atoms with van der Waals surface area (Å²) in [6.07, 6.45) is 8.10. The molecule has 1 aliphatic carbocycles. The number of aliphatic hydroxyl groups is 1. The molecule has 2 aromatic rings. The van der Waals surface area contributed by atoms with E-state index in [1.807, 2.05) is 30.3 Å². The van der Waals surface area contributed by atoms with Crippen LogP contribution in [0.3, 0.4) is 0 Å². The van der Waals surface area contributed by atoms with E-state index in [1.54, 1.807) is 16.0 Å². The summed E-state index contributed by atoms with van der Waals surface area (Å²) in [7, 11) is 0. The predicted octanol–water partition coefficient (Wildman–Crippen LogP) is 2.75. The molecule has 2 amide bonds. The molecule has 5 rings (SSSR count). The minimum absolute atomic E-state index is 0.0000942. The average Bonchev–Trinajstić information content (AvgIpc) is 3.35. The molecule has 34 heavy (non-hydrogen) atoms. The molecule has 176 valence electrons. The van der Waals surface area contributed by atoms with Crippen LogP contribution in [0.2, 0.25) is 0 Å². The topological polar surface area (TPSA) is 73.7 Å². The normalized spacial score (nSPS) is 24.3. The van der Waals surface area contributed by atoms with Gasteiger partial charge in [-0.3, -0.25) is 14.6 Å². The lowest BCUT2D eigenvalue weighted by atomic mass is 9.73. The van der Waals surface area contributed by atoms with Crippen molar-refractivity contribution in [3.63, 3.8) is 0 Å². The van der Waals surface area contributed by atoms with Crippen molar-refractivity contribution in [2.75, 3.05) is 19.7 Å². The molecule has 0 unspecified atom stereocenters. The maximum Gasteiger partial charge on any atom is 0.242 e. The number of carbonyl (C=O) groups is 2. The summed E-state index contributed by atoms with van der Waals surface area (Å²) in [6, 6.07) is 13.3. The first kappa shape index (κ1) is 22.6. The Hall–Kier alpha value is -3.17. The lowest BCUT2D eigenvalue weighted by molar-refractivity contribution is -0.166. The fourth-order valence-electron chi connectivity index (χ4n) is 5.76. The number of fused-ring (bicyclic) bond motifs is 1. The molecule has 1 saturated carbocycles. The molecule has 0 bridgehead atoms. The number of piperazine rings is 1. The van der Waals surface area contributed by atoms with Gasteiger partial charge in [-0.25, -0.2) is 0 Å². The summed E-state index contributed by atoms with van der Waals surface area (Å²) >= 11 is 0. The third-order valence-electron chi connectivity index (χ3n) is 7.56. The van der Waals surface area contributed by atoms with E-state index in [0.29, 0.717) is 12.2 Å². The molecule has 6 nitrogen and oxygen atoms in total. The molecule has 1 N–H and O–H groups in total. The minimum Gasteiger partial charge on any atom is -0.394 e. The van der Waals surface area contributed by atoms with E-state index >= 15 is 0 Å². The van der Waals surface area contributed by atoms with Gasteiger partial charge in [0, 0.05) is 36.3 Å². The van der Waals surface area contributed by atoms with Crippen molar-refractivity contribution in [2.45, 2.75) is 56.5 Å². The second kappa shape index (κ2) is 9.99. The maximum atomic E-state index is 12.9. The van der Waals surface area contributed by atoms with E-state index in [9.17, 15) is 14.7 Å². The first-order chi connectivity index (χ1) is 16.6. The molecule has 1 aromatic heterocycles. The van der Waals surface area contributed by atoms with Crippen LogP contribution < -0.4 is 0 Å². The van der Waals surface area contributed by atoms with Gasteiger partial charge >= 0.3 is 0 Å². The highest BCUT2D eigenvalue weighted by atomic mass is 16.3. The van der Waals surface area contributed by atoms with Crippen LogP contribution in [0, 0.1) is 17.8 Å². The summed E-state index contributed by atoms with van der Waals surface area (Å²) in [4.78, 5) is 33.4. The number of rotatable bonds is 5. The zero-order valence-electron chi connectivity index (χ0n) is 19.4. The van der Waals surface area contributed by atoms with Gasteiger partial charge in [0.25, 0.3) is 0 Å². The van der Waals surface area contributed by atoms with Crippen LogP contribution in [-0.4, -0.2) is 63.5 Å². The van der Waals surface area contributed by atoms with Crippen LogP contribution >= 0.6 is 0 Å². The van der Waals surface area contributed by atoms with Crippen molar-refractivity contribution in [3.05, 3.63) is 65.5 Å². The number of pyridine rings is 1. The van der Waals surface area contributed by atoms with Crippen molar-refractivity contribution in [3.8, 4) is 11.8 Å². The van der Waals surface area contributed by atoms with E-state index in [2.05, 4.69) is 29.0 Å². The van der Waals surface area contributed by atoms with Crippen molar-refractivity contribution in [1.82, 2.24) is 14.8 Å². The summed E-state index contributed by atoms with van der Waals surface area (Å²) in [5, 5.41) is 10.0. The smallest absolute Gasteiger partial charge is 0.242 e. The fourth-order valence-corrected chi connectivity index (χ4v) is 5.76. The molecule has 0 spiro atoms. The Labute approximate surface area is 201 Å². The van der Waals surface area contributed by atoms with Crippen molar-refractivity contribution < 1.29 is 14.7 Å². The first-order valence-electron chi connectivity index (χ1n) is 12.3. The average molecular weight is 458 g/mol. The van der Waals surface area contributed by atoms with Gasteiger partial charge in [-0.1, -0.05) is 42.9 Å². The van der Waals surface area contributed by atoms with Crippen molar-refractivity contribution in [2.24, 2.45) is 5.92 Å². The zero-order chi connectivity index (χ0) is 23.5. The number of hydrogen-bond donors (Lipinski definition) is 1. The Bertz CT molecular complexity index is 1080. The number of carbonyl (C=O) groups excluding carboxylic acids is 2. The Morgan fingerprint density at radius 3 is 2.62 bits per heavy atom. The summed E-state index contributed by atoms with van der Waals surface area (Å²) in [5.74, 6) is 7.18. The lowest BCUT2D eigenvalue weighted by Gasteiger charge is -2.58. The van der Waals surface area contributed by atoms with Gasteiger partial charge in [0.05, 0.1) is 31.7 Å². The highest BCUT2D eigenvalue weighted by molar-refractivity contribution is 5.88. The number of amides is 2. The molecule has 6 heteroatoms. The second-order valence-corrected chi connectivity index (χ2v) is 9.69. The van der Waals surface area contributed by atoms with E-state index < -0.39 is 0 Å². The minimum atomic E-state index is -0.246. The molecule has 1 aromatic carbocycles. The van der Waals surface area contributed by atoms with E-state index in [0.717, 1.165) is 23.5 Å². The third kappa shape index (κ3) is 4.58. The fraction of sp³-hybridized carbons (Fsp3) is 0.464. The zero-order valence-corrected chi connectivity index (χ0v) is 19.4. The quantitative estimate of drug-likeness (QED) is 0.701. The van der Waals surface area contributed by atoms with Crippen LogP contribution in [0.1, 0.15) is 54.8 Å². The lowest BCUT2D eigenvalue weighted by Crippen LogP contribution is -2.73. The summed E-state index contributed by atoms with van der Waals surface area (Å²) in [5.41, 5.74) is 2.77. The Morgan fingerprint density at radius 1 is 1.12 bits per heavy atom. The van der Waals surface area contributed by atoms with Gasteiger partial charge in [0.2, 0.25) is 11.8 Å².